The molecule has 3 rings (SSSR count). The zero-order chi connectivity index (χ0) is 21.3. The lowest BCUT2D eigenvalue weighted by Crippen LogP contribution is -2.53. The second kappa shape index (κ2) is 10.8. The molecule has 1 aliphatic rings. The van der Waals surface area contributed by atoms with Crippen LogP contribution in [0.3, 0.4) is 0 Å². The molecule has 0 atom stereocenters. The van der Waals surface area contributed by atoms with Gasteiger partial charge in [-0.2, -0.15) is 4.37 Å². The van der Waals surface area contributed by atoms with E-state index in [-0.39, 0.29) is 5.91 Å². The number of nitrogens with zero attached hydrogens (tertiary/aromatic N) is 5. The Morgan fingerprint density at radius 2 is 2.00 bits per heavy atom. The molecule has 2 heterocycles. The maximum Gasteiger partial charge on any atom is 0.251 e. The number of aromatic nitrogens is 2. The highest BCUT2D eigenvalue weighted by Crippen LogP contribution is 2.19. The van der Waals surface area contributed by atoms with E-state index in [4.69, 9.17) is 4.74 Å². The van der Waals surface area contributed by atoms with Gasteiger partial charge in [0.25, 0.3) is 5.91 Å². The second-order valence-electron chi connectivity index (χ2n) is 6.78. The zero-order valence-electron chi connectivity index (χ0n) is 17.7. The summed E-state index contributed by atoms with van der Waals surface area (Å²) in [6.07, 6.45) is 0.862. The zero-order valence-corrected chi connectivity index (χ0v) is 18.5. The molecule has 0 unspecified atom stereocenters. The fourth-order valence-electron chi connectivity index (χ4n) is 3.18. The normalized spacial score (nSPS) is 14.6. The number of carbonyl (C=O) groups is 1. The van der Waals surface area contributed by atoms with E-state index in [2.05, 4.69) is 41.7 Å². The quantitative estimate of drug-likeness (QED) is 0.387. The Morgan fingerprint density at radius 3 is 2.67 bits per heavy atom. The van der Waals surface area contributed by atoms with Crippen LogP contribution < -0.4 is 20.3 Å². The number of hydrogen-bond donors (Lipinski definition) is 2. The summed E-state index contributed by atoms with van der Waals surface area (Å²) in [6.45, 7) is 6.64. The van der Waals surface area contributed by atoms with Crippen molar-refractivity contribution in [1.29, 1.82) is 0 Å². The van der Waals surface area contributed by atoms with E-state index in [9.17, 15) is 4.79 Å². The monoisotopic (exact) mass is 431 g/mol. The molecular formula is C20H29N7O2S. The highest BCUT2D eigenvalue weighted by atomic mass is 32.1. The van der Waals surface area contributed by atoms with Crippen LogP contribution in [0.5, 0.6) is 5.75 Å². The van der Waals surface area contributed by atoms with Gasteiger partial charge in [-0.15, -0.1) is 0 Å². The van der Waals surface area contributed by atoms with Crippen molar-refractivity contribution in [3.8, 4) is 5.75 Å². The number of anilines is 1. The Labute approximate surface area is 181 Å². The lowest BCUT2D eigenvalue weighted by atomic mass is 10.2. The summed E-state index contributed by atoms with van der Waals surface area (Å²) in [5, 5.41) is 7.24. The SMILES string of the molecule is CCc1nsc(N2CCN(C(=NC)NCCNC(=O)c3cccc(OC)c3)CC2)n1. The first-order chi connectivity index (χ1) is 14.6. The van der Waals surface area contributed by atoms with Crippen LogP contribution in [-0.4, -0.2) is 79.6 Å². The van der Waals surface area contributed by atoms with Crippen molar-refractivity contribution < 1.29 is 9.53 Å². The number of aliphatic imine (C=N–C) groups is 1. The van der Waals surface area contributed by atoms with Gasteiger partial charge in [-0.1, -0.05) is 13.0 Å². The van der Waals surface area contributed by atoms with Gasteiger partial charge in [-0.25, -0.2) is 4.98 Å². The number of guanidine groups is 1. The first-order valence-electron chi connectivity index (χ1n) is 10.1. The topological polar surface area (TPSA) is 95.0 Å². The van der Waals surface area contributed by atoms with Crippen LogP contribution in [0.4, 0.5) is 5.13 Å². The third-order valence-electron chi connectivity index (χ3n) is 4.86. The van der Waals surface area contributed by atoms with Crippen LogP contribution >= 0.6 is 11.5 Å². The Morgan fingerprint density at radius 1 is 1.23 bits per heavy atom. The molecule has 0 saturated carbocycles. The van der Waals surface area contributed by atoms with Crippen molar-refractivity contribution in [3.05, 3.63) is 35.7 Å². The summed E-state index contributed by atoms with van der Waals surface area (Å²) < 4.78 is 9.54. The van der Waals surface area contributed by atoms with Crippen molar-refractivity contribution in [3.63, 3.8) is 0 Å². The Kier molecular flexibility index (Phi) is 7.83. The minimum Gasteiger partial charge on any atom is -0.497 e. The number of hydrogen-bond acceptors (Lipinski definition) is 7. The molecule has 1 aromatic carbocycles. The van der Waals surface area contributed by atoms with Gasteiger partial charge in [0.2, 0.25) is 5.13 Å². The van der Waals surface area contributed by atoms with E-state index >= 15 is 0 Å². The maximum absolute atomic E-state index is 12.3. The van der Waals surface area contributed by atoms with E-state index < -0.39 is 0 Å². The van der Waals surface area contributed by atoms with Crippen LogP contribution in [0.15, 0.2) is 29.3 Å². The first kappa shape index (κ1) is 21.8. The number of amides is 1. The fourth-order valence-corrected chi connectivity index (χ4v) is 3.98. The van der Waals surface area contributed by atoms with Gasteiger partial charge in [0.1, 0.15) is 11.6 Å². The maximum atomic E-state index is 12.3. The van der Waals surface area contributed by atoms with Gasteiger partial charge < -0.3 is 25.2 Å². The van der Waals surface area contributed by atoms with Crippen LogP contribution in [0.25, 0.3) is 0 Å². The van der Waals surface area contributed by atoms with Crippen molar-refractivity contribution in [1.82, 2.24) is 24.9 Å². The van der Waals surface area contributed by atoms with Gasteiger partial charge in [-0.3, -0.25) is 9.79 Å². The number of carbonyl (C=O) groups excluding carboxylic acids is 1. The van der Waals surface area contributed by atoms with Gasteiger partial charge >= 0.3 is 0 Å². The average molecular weight is 432 g/mol. The molecule has 9 nitrogen and oxygen atoms in total. The van der Waals surface area contributed by atoms with E-state index in [0.29, 0.717) is 24.4 Å². The summed E-state index contributed by atoms with van der Waals surface area (Å²) in [7, 11) is 3.37. The number of aryl methyl sites for hydroxylation is 1. The summed E-state index contributed by atoms with van der Waals surface area (Å²) in [6, 6.07) is 7.11. The van der Waals surface area contributed by atoms with E-state index in [1.165, 1.54) is 11.5 Å². The van der Waals surface area contributed by atoms with Crippen molar-refractivity contribution in [2.75, 3.05) is 58.3 Å². The Hall–Kier alpha value is -2.88. The first-order valence-corrected chi connectivity index (χ1v) is 10.9. The van der Waals surface area contributed by atoms with E-state index in [1.807, 2.05) is 6.07 Å². The molecular weight excluding hydrogens is 402 g/mol. The average Bonchev–Trinajstić information content (AvgIpc) is 3.28. The Balaban J connectivity index is 1.41. The van der Waals surface area contributed by atoms with E-state index in [1.54, 1.807) is 32.4 Å². The third kappa shape index (κ3) is 5.59. The minimum absolute atomic E-state index is 0.122. The van der Waals surface area contributed by atoms with Gasteiger partial charge in [0.05, 0.1) is 7.11 Å². The minimum atomic E-state index is -0.122. The van der Waals surface area contributed by atoms with Crippen molar-refractivity contribution in [2.45, 2.75) is 13.3 Å². The van der Waals surface area contributed by atoms with Crippen LogP contribution in [-0.2, 0) is 6.42 Å². The van der Waals surface area contributed by atoms with E-state index in [0.717, 1.165) is 49.5 Å². The molecule has 0 aliphatic carbocycles. The number of methoxy groups -OCH3 is 1. The molecule has 30 heavy (non-hydrogen) atoms. The molecule has 2 N–H and O–H groups in total. The summed E-state index contributed by atoms with van der Waals surface area (Å²) >= 11 is 1.47. The number of benzene rings is 1. The molecule has 1 fully saturated rings. The highest BCUT2D eigenvalue weighted by Gasteiger charge is 2.21. The lowest BCUT2D eigenvalue weighted by Gasteiger charge is -2.36. The van der Waals surface area contributed by atoms with Crippen LogP contribution in [0.1, 0.15) is 23.1 Å². The molecule has 1 aromatic heterocycles. The molecule has 162 valence electrons. The molecule has 2 aromatic rings. The van der Waals surface area contributed by atoms with Crippen LogP contribution in [0, 0.1) is 0 Å². The molecule has 1 saturated heterocycles. The molecule has 0 radical (unpaired) electrons. The number of nitrogens with one attached hydrogen (secondary N) is 2. The fraction of sp³-hybridized carbons (Fsp3) is 0.500. The van der Waals surface area contributed by atoms with Gasteiger partial charge in [-0.05, 0) is 18.2 Å². The highest BCUT2D eigenvalue weighted by molar-refractivity contribution is 7.09. The van der Waals surface area contributed by atoms with Gasteiger partial charge in [0, 0.05) is 69.8 Å². The third-order valence-corrected chi connectivity index (χ3v) is 5.68. The van der Waals surface area contributed by atoms with Crippen LogP contribution in [0.2, 0.25) is 0 Å². The summed E-state index contributed by atoms with van der Waals surface area (Å²) in [4.78, 5) is 25.7. The number of rotatable bonds is 7. The second-order valence-corrected chi connectivity index (χ2v) is 7.51. The predicted molar refractivity (Wildman–Crippen MR) is 120 cm³/mol. The lowest BCUT2D eigenvalue weighted by molar-refractivity contribution is 0.0954. The van der Waals surface area contributed by atoms with Gasteiger partial charge in [0.15, 0.2) is 5.96 Å². The Bertz CT molecular complexity index is 862. The molecule has 10 heteroatoms. The largest absolute Gasteiger partial charge is 0.497 e. The number of ether oxygens (including phenoxy) is 1. The summed E-state index contributed by atoms with van der Waals surface area (Å²) in [5.41, 5.74) is 0.581. The number of piperazine rings is 1. The molecule has 1 aliphatic heterocycles. The van der Waals surface area contributed by atoms with Crippen molar-refractivity contribution in [2.24, 2.45) is 4.99 Å². The molecule has 1 amide bonds. The summed E-state index contributed by atoms with van der Waals surface area (Å²) in [5.74, 6) is 2.30. The smallest absolute Gasteiger partial charge is 0.251 e. The standard InChI is InChI=1S/C20H29N7O2S/c1-4-17-24-20(30-25-17)27-12-10-26(11-13-27)19(21-2)23-9-8-22-18(28)15-6-5-7-16(14-15)29-3/h5-7,14H,4,8-13H2,1-3H3,(H,21,23)(H,22,28). The molecule has 0 spiro atoms. The molecule has 0 bridgehead atoms. The van der Waals surface area contributed by atoms with Crippen molar-refractivity contribution >= 4 is 28.5 Å². The predicted octanol–water partition coefficient (Wildman–Crippen LogP) is 1.24.